The minimum atomic E-state index is 0.350. The minimum absolute atomic E-state index is 0.350. The van der Waals surface area contributed by atoms with Crippen LogP contribution in [0, 0.1) is 0 Å². The highest BCUT2D eigenvalue weighted by atomic mass is 79.9. The fourth-order valence-electron chi connectivity index (χ4n) is 4.58. The quantitative estimate of drug-likeness (QED) is 0.567. The lowest BCUT2D eigenvalue weighted by Gasteiger charge is -2.55. The molecule has 0 saturated carbocycles. The van der Waals surface area contributed by atoms with Gasteiger partial charge < -0.3 is 9.80 Å². The molecule has 3 aliphatic rings. The Hall–Kier alpha value is -1.04. The van der Waals surface area contributed by atoms with Gasteiger partial charge in [-0.2, -0.15) is 0 Å². The van der Waals surface area contributed by atoms with E-state index in [1.807, 2.05) is 0 Å². The molecule has 2 bridgehead atoms. The second-order valence-corrected chi connectivity index (χ2v) is 9.08. The molecule has 0 atom stereocenters. The molecule has 0 aliphatic carbocycles. The van der Waals surface area contributed by atoms with Crippen LogP contribution < -0.4 is 9.80 Å². The molecule has 5 heteroatoms. The van der Waals surface area contributed by atoms with Crippen LogP contribution in [0.1, 0.15) is 30.4 Å². The maximum absolute atomic E-state index is 3.65. The van der Waals surface area contributed by atoms with Gasteiger partial charge in [-0.25, -0.2) is 0 Å². The summed E-state index contributed by atoms with van der Waals surface area (Å²) in [6.45, 7) is 4.35. The van der Waals surface area contributed by atoms with Gasteiger partial charge in [0.1, 0.15) is 0 Å². The summed E-state index contributed by atoms with van der Waals surface area (Å²) >= 11 is 7.30. The maximum atomic E-state index is 3.65. The molecule has 0 unspecified atom stereocenters. The Morgan fingerprint density at radius 3 is 1.76 bits per heavy atom. The lowest BCUT2D eigenvalue weighted by atomic mass is 9.99. The summed E-state index contributed by atoms with van der Waals surface area (Å²) in [7, 11) is 0. The third kappa shape index (κ3) is 2.71. The summed E-state index contributed by atoms with van der Waals surface area (Å²) < 4.78 is 2.33. The van der Waals surface area contributed by atoms with E-state index >= 15 is 0 Å². The highest BCUT2D eigenvalue weighted by molar-refractivity contribution is 9.10. The highest BCUT2D eigenvalue weighted by Gasteiger charge is 2.41. The molecule has 0 spiro atoms. The number of nitrogens with zero attached hydrogens (tertiary/aromatic N) is 3. The molecule has 130 valence electrons. The van der Waals surface area contributed by atoms with Crippen molar-refractivity contribution in [2.75, 3.05) is 22.9 Å². The molecule has 1 saturated heterocycles. The van der Waals surface area contributed by atoms with Gasteiger partial charge in [0, 0.05) is 46.5 Å². The fourth-order valence-corrected chi connectivity index (χ4v) is 5.40. The minimum Gasteiger partial charge on any atom is -0.334 e. The Bertz CT molecular complexity index is 757. The van der Waals surface area contributed by atoms with Crippen LogP contribution >= 0.6 is 31.9 Å². The van der Waals surface area contributed by atoms with Crippen LogP contribution in [-0.4, -0.2) is 24.3 Å². The normalized spacial score (nSPS) is 20.4. The van der Waals surface area contributed by atoms with E-state index in [1.54, 1.807) is 0 Å². The first-order valence-electron chi connectivity index (χ1n) is 9.05. The number of piperidine rings is 1. The van der Waals surface area contributed by atoms with Crippen LogP contribution in [0.25, 0.3) is 0 Å². The van der Waals surface area contributed by atoms with Crippen LogP contribution in [0.2, 0.25) is 0 Å². The Balaban J connectivity index is 1.64. The molecule has 0 aromatic heterocycles. The van der Waals surface area contributed by atoms with Crippen molar-refractivity contribution in [3.63, 3.8) is 0 Å². The molecule has 3 nitrogen and oxygen atoms in total. The number of rotatable bonds is 1. The van der Waals surface area contributed by atoms with E-state index in [1.165, 1.54) is 63.8 Å². The third-order valence-corrected chi connectivity index (χ3v) is 6.64. The summed E-state index contributed by atoms with van der Waals surface area (Å²) in [5.41, 5.74) is 5.61. The topological polar surface area (TPSA) is 9.72 Å². The van der Waals surface area contributed by atoms with Crippen molar-refractivity contribution >= 4 is 43.2 Å². The zero-order valence-electron chi connectivity index (χ0n) is 14.1. The van der Waals surface area contributed by atoms with E-state index in [-0.39, 0.29) is 0 Å². The van der Waals surface area contributed by atoms with Gasteiger partial charge in [-0.3, -0.25) is 4.90 Å². The number of halogens is 2. The van der Waals surface area contributed by atoms with Crippen molar-refractivity contribution in [2.45, 2.75) is 38.6 Å². The molecule has 2 aromatic carbocycles. The van der Waals surface area contributed by atoms with Crippen LogP contribution in [0.15, 0.2) is 45.3 Å². The van der Waals surface area contributed by atoms with Gasteiger partial charge in [-0.15, -0.1) is 0 Å². The largest absolute Gasteiger partial charge is 0.334 e. The first-order valence-corrected chi connectivity index (χ1v) is 10.6. The summed E-state index contributed by atoms with van der Waals surface area (Å²) in [6, 6.07) is 13.5. The van der Waals surface area contributed by atoms with Crippen LogP contribution in [0.3, 0.4) is 0 Å². The molecule has 3 heterocycles. The first-order chi connectivity index (χ1) is 12.2. The maximum Gasteiger partial charge on any atom is 0.161 e. The van der Waals surface area contributed by atoms with E-state index in [9.17, 15) is 0 Å². The number of anilines is 2. The molecule has 3 aliphatic heterocycles. The van der Waals surface area contributed by atoms with E-state index in [0.717, 1.165) is 13.1 Å². The zero-order chi connectivity index (χ0) is 17.0. The number of fused-ring (bicyclic) bond motifs is 6. The molecule has 0 radical (unpaired) electrons. The Kier molecular flexibility index (Phi) is 4.06. The third-order valence-electron chi connectivity index (χ3n) is 5.66. The SMILES string of the molecule is Brc1ccc2c(c1)CN1c3ccc(Br)cc3CN2C1N1CCCCC1. The standard InChI is InChI=1S/C20H21Br2N3/c21-16-4-6-18-14(10-16)12-25-19-7-5-17(22)11-15(19)13-24(18)20(25)23-8-2-1-3-9-23/h4-7,10-11,20H,1-3,8-9,12-13H2. The van der Waals surface area contributed by atoms with Gasteiger partial charge in [-0.05, 0) is 60.4 Å². The van der Waals surface area contributed by atoms with E-state index in [0.29, 0.717) is 6.29 Å². The summed E-state index contributed by atoms with van der Waals surface area (Å²) in [5, 5.41) is 0. The summed E-state index contributed by atoms with van der Waals surface area (Å²) in [5.74, 6) is 0. The zero-order valence-corrected chi connectivity index (χ0v) is 17.3. The van der Waals surface area contributed by atoms with Crippen molar-refractivity contribution in [1.29, 1.82) is 0 Å². The van der Waals surface area contributed by atoms with E-state index in [4.69, 9.17) is 0 Å². The van der Waals surface area contributed by atoms with Crippen molar-refractivity contribution in [3.05, 3.63) is 56.5 Å². The average molecular weight is 463 g/mol. The molecule has 25 heavy (non-hydrogen) atoms. The predicted molar refractivity (Wildman–Crippen MR) is 110 cm³/mol. The molecule has 2 aromatic rings. The summed E-state index contributed by atoms with van der Waals surface area (Å²) in [6.07, 6.45) is 4.36. The smallest absolute Gasteiger partial charge is 0.161 e. The van der Waals surface area contributed by atoms with Crippen molar-refractivity contribution < 1.29 is 0 Å². The average Bonchev–Trinajstić information content (AvgIpc) is 2.61. The van der Waals surface area contributed by atoms with Gasteiger partial charge in [0.15, 0.2) is 6.29 Å². The van der Waals surface area contributed by atoms with Gasteiger partial charge in [0.2, 0.25) is 0 Å². The van der Waals surface area contributed by atoms with Crippen LogP contribution in [-0.2, 0) is 13.1 Å². The molecular weight excluding hydrogens is 442 g/mol. The Morgan fingerprint density at radius 1 is 0.720 bits per heavy atom. The number of hydrogen-bond donors (Lipinski definition) is 0. The predicted octanol–water partition coefficient (Wildman–Crippen LogP) is 5.32. The van der Waals surface area contributed by atoms with E-state index in [2.05, 4.69) is 83.0 Å². The van der Waals surface area contributed by atoms with Gasteiger partial charge >= 0.3 is 0 Å². The van der Waals surface area contributed by atoms with E-state index < -0.39 is 0 Å². The lowest BCUT2D eigenvalue weighted by Crippen LogP contribution is -2.64. The van der Waals surface area contributed by atoms with Crippen molar-refractivity contribution in [1.82, 2.24) is 4.90 Å². The van der Waals surface area contributed by atoms with Crippen molar-refractivity contribution in [3.8, 4) is 0 Å². The molecule has 0 amide bonds. The van der Waals surface area contributed by atoms with Crippen LogP contribution in [0.5, 0.6) is 0 Å². The first kappa shape index (κ1) is 16.2. The Labute approximate surface area is 165 Å². The monoisotopic (exact) mass is 461 g/mol. The Morgan fingerprint density at radius 2 is 1.24 bits per heavy atom. The van der Waals surface area contributed by atoms with Crippen molar-refractivity contribution in [2.24, 2.45) is 0 Å². The van der Waals surface area contributed by atoms with Crippen LogP contribution in [0.4, 0.5) is 11.4 Å². The van der Waals surface area contributed by atoms with Gasteiger partial charge in [-0.1, -0.05) is 38.3 Å². The lowest BCUT2D eigenvalue weighted by molar-refractivity contribution is 0.143. The molecule has 5 rings (SSSR count). The van der Waals surface area contributed by atoms with Gasteiger partial charge in [0.25, 0.3) is 0 Å². The summed E-state index contributed by atoms with van der Waals surface area (Å²) in [4.78, 5) is 7.89. The number of benzene rings is 2. The molecule has 1 fully saturated rings. The number of likely N-dealkylation sites (tertiary alicyclic amines) is 1. The number of hydrogen-bond acceptors (Lipinski definition) is 3. The second-order valence-electron chi connectivity index (χ2n) is 7.24. The molecular formula is C20H21Br2N3. The fraction of sp³-hybridized carbons (Fsp3) is 0.400. The van der Waals surface area contributed by atoms with Gasteiger partial charge in [0.05, 0.1) is 0 Å². The second kappa shape index (κ2) is 6.29. The highest BCUT2D eigenvalue weighted by Crippen LogP contribution is 2.43. The molecule has 0 N–H and O–H groups in total.